The first-order chi connectivity index (χ1) is 16.5. The lowest BCUT2D eigenvalue weighted by atomic mass is 9.93. The normalized spacial score (nSPS) is 14.1. The first kappa shape index (κ1) is 22.3. The molecular formula is C27H22IN3O3. The van der Waals surface area contributed by atoms with Gasteiger partial charge in [-0.25, -0.2) is 5.43 Å². The van der Waals surface area contributed by atoms with Gasteiger partial charge < -0.3 is 9.73 Å². The van der Waals surface area contributed by atoms with Gasteiger partial charge in [0.15, 0.2) is 5.76 Å². The van der Waals surface area contributed by atoms with Crippen LogP contribution in [0.25, 0.3) is 10.8 Å². The van der Waals surface area contributed by atoms with Gasteiger partial charge in [0.1, 0.15) is 5.76 Å². The van der Waals surface area contributed by atoms with Crippen molar-refractivity contribution in [3.63, 3.8) is 0 Å². The molecule has 2 N–H and O–H groups in total. The predicted molar refractivity (Wildman–Crippen MR) is 141 cm³/mol. The molecule has 0 bridgehead atoms. The number of anilines is 1. The van der Waals surface area contributed by atoms with Crippen LogP contribution in [0.15, 0.2) is 76.2 Å². The van der Waals surface area contributed by atoms with Gasteiger partial charge in [-0.1, -0.05) is 36.4 Å². The van der Waals surface area contributed by atoms with Crippen LogP contribution in [0.4, 0.5) is 5.69 Å². The van der Waals surface area contributed by atoms with Crippen LogP contribution in [0.3, 0.4) is 0 Å². The molecule has 34 heavy (non-hydrogen) atoms. The maximum absolute atomic E-state index is 12.9. The average molecular weight is 563 g/mol. The average Bonchev–Trinajstić information content (AvgIpc) is 3.20. The van der Waals surface area contributed by atoms with Crippen LogP contribution >= 0.6 is 22.6 Å². The van der Waals surface area contributed by atoms with E-state index >= 15 is 0 Å². The SMILES string of the molecule is Cc1c(C(=O)Nc2ccc(I)cc2)oc2c1/C(=N/NC(=O)c1cccc3ccccc13)CCC2. The van der Waals surface area contributed by atoms with Gasteiger partial charge in [-0.3, -0.25) is 9.59 Å². The van der Waals surface area contributed by atoms with E-state index in [-0.39, 0.29) is 17.6 Å². The number of fused-ring (bicyclic) bond motifs is 2. The Morgan fingerprint density at radius 3 is 2.53 bits per heavy atom. The second-order valence-corrected chi connectivity index (χ2v) is 9.44. The maximum atomic E-state index is 12.9. The molecule has 0 atom stereocenters. The summed E-state index contributed by atoms with van der Waals surface area (Å²) in [5.74, 6) is 0.440. The summed E-state index contributed by atoms with van der Waals surface area (Å²) in [5.41, 5.74) is 6.27. The number of nitrogens with zero attached hydrogens (tertiary/aromatic N) is 1. The van der Waals surface area contributed by atoms with Gasteiger partial charge in [-0.05, 0) is 83.5 Å². The van der Waals surface area contributed by atoms with Crippen molar-refractivity contribution in [1.82, 2.24) is 5.43 Å². The number of hydrogen-bond donors (Lipinski definition) is 2. The van der Waals surface area contributed by atoms with Gasteiger partial charge in [0.05, 0.1) is 5.71 Å². The number of hydrogen-bond acceptors (Lipinski definition) is 4. The molecule has 0 aliphatic heterocycles. The van der Waals surface area contributed by atoms with Crippen LogP contribution in [0.5, 0.6) is 0 Å². The zero-order chi connectivity index (χ0) is 23.7. The Hall–Kier alpha value is -3.46. The van der Waals surface area contributed by atoms with Gasteiger partial charge in [0.25, 0.3) is 11.8 Å². The fraction of sp³-hybridized carbons (Fsp3) is 0.148. The molecule has 0 unspecified atom stereocenters. The molecule has 3 aromatic carbocycles. The standard InChI is InChI=1S/C27H22IN3O3/c1-16-24-22(30-31-26(32)21-9-4-7-17-6-2-3-8-20(17)21)10-5-11-23(24)34-25(16)27(33)29-19-14-12-18(28)13-15-19/h2-4,6-9,12-15H,5,10-11H2,1H3,(H,29,33)(H,31,32)/b30-22+. The van der Waals surface area contributed by atoms with Crippen LogP contribution in [0.2, 0.25) is 0 Å². The summed E-state index contributed by atoms with van der Waals surface area (Å²) >= 11 is 2.22. The number of benzene rings is 3. The number of aryl methyl sites for hydroxylation is 1. The van der Waals surface area contributed by atoms with Crippen LogP contribution in [-0.2, 0) is 6.42 Å². The summed E-state index contributed by atoms with van der Waals surface area (Å²) in [6.45, 7) is 1.86. The molecule has 4 aromatic rings. The van der Waals surface area contributed by atoms with Crippen LogP contribution < -0.4 is 10.7 Å². The van der Waals surface area contributed by atoms with Crippen molar-refractivity contribution < 1.29 is 14.0 Å². The third-order valence-corrected chi connectivity index (χ3v) is 6.68. The molecule has 6 nitrogen and oxygen atoms in total. The fourth-order valence-corrected chi connectivity index (χ4v) is 4.68. The zero-order valence-corrected chi connectivity index (χ0v) is 20.7. The Morgan fingerprint density at radius 2 is 1.71 bits per heavy atom. The lowest BCUT2D eigenvalue weighted by molar-refractivity contribution is 0.0955. The molecule has 0 spiro atoms. The number of carbonyl (C=O) groups is 2. The fourth-order valence-electron chi connectivity index (χ4n) is 4.32. The predicted octanol–water partition coefficient (Wildman–Crippen LogP) is 6.07. The van der Waals surface area contributed by atoms with Crippen molar-refractivity contribution in [2.75, 3.05) is 5.32 Å². The number of rotatable bonds is 4. The van der Waals surface area contributed by atoms with E-state index in [1.807, 2.05) is 67.6 Å². The summed E-state index contributed by atoms with van der Waals surface area (Å²) in [4.78, 5) is 25.8. The molecule has 7 heteroatoms. The Kier molecular flexibility index (Phi) is 6.19. The summed E-state index contributed by atoms with van der Waals surface area (Å²) in [6.07, 6.45) is 2.26. The zero-order valence-electron chi connectivity index (χ0n) is 18.5. The molecule has 0 saturated heterocycles. The smallest absolute Gasteiger partial charge is 0.291 e. The second kappa shape index (κ2) is 9.42. The molecule has 1 aliphatic carbocycles. The highest BCUT2D eigenvalue weighted by Crippen LogP contribution is 2.30. The number of hydrazone groups is 1. The first-order valence-electron chi connectivity index (χ1n) is 11.1. The van der Waals surface area contributed by atoms with Crippen LogP contribution in [0.1, 0.15) is 50.6 Å². The van der Waals surface area contributed by atoms with Crippen molar-refractivity contribution in [2.45, 2.75) is 26.2 Å². The van der Waals surface area contributed by atoms with E-state index in [2.05, 4.69) is 38.4 Å². The van der Waals surface area contributed by atoms with Gasteiger partial charge in [-0.2, -0.15) is 5.10 Å². The molecular weight excluding hydrogens is 541 g/mol. The van der Waals surface area contributed by atoms with E-state index in [0.29, 0.717) is 17.7 Å². The molecule has 0 radical (unpaired) electrons. The molecule has 5 rings (SSSR count). The number of carbonyl (C=O) groups excluding carboxylic acids is 2. The molecule has 170 valence electrons. The van der Waals surface area contributed by atoms with E-state index in [4.69, 9.17) is 4.42 Å². The molecule has 1 aromatic heterocycles. The minimum atomic E-state index is -0.299. The maximum Gasteiger partial charge on any atom is 0.291 e. The largest absolute Gasteiger partial charge is 0.455 e. The van der Waals surface area contributed by atoms with Gasteiger partial charge in [0, 0.05) is 32.4 Å². The van der Waals surface area contributed by atoms with Crippen molar-refractivity contribution >= 4 is 56.6 Å². The lowest BCUT2D eigenvalue weighted by Crippen LogP contribution is -2.22. The molecule has 1 aliphatic rings. The monoisotopic (exact) mass is 563 g/mol. The Bertz CT molecular complexity index is 1430. The van der Waals surface area contributed by atoms with Crippen molar-refractivity contribution in [2.24, 2.45) is 5.10 Å². The van der Waals surface area contributed by atoms with E-state index < -0.39 is 0 Å². The van der Waals surface area contributed by atoms with Crippen LogP contribution in [0, 0.1) is 10.5 Å². The molecule has 0 fully saturated rings. The lowest BCUT2D eigenvalue weighted by Gasteiger charge is -2.13. The summed E-state index contributed by atoms with van der Waals surface area (Å²) in [6, 6.07) is 21.0. The van der Waals surface area contributed by atoms with Crippen molar-refractivity contribution in [3.8, 4) is 0 Å². The Balaban J connectivity index is 1.40. The molecule has 2 amide bonds. The highest BCUT2D eigenvalue weighted by molar-refractivity contribution is 14.1. The number of furan rings is 1. The van der Waals surface area contributed by atoms with Gasteiger partial charge >= 0.3 is 0 Å². The van der Waals surface area contributed by atoms with E-state index in [9.17, 15) is 9.59 Å². The third kappa shape index (κ3) is 4.35. The van der Waals surface area contributed by atoms with Crippen molar-refractivity contribution in [3.05, 3.63) is 98.5 Å². The summed E-state index contributed by atoms with van der Waals surface area (Å²) in [5, 5.41) is 9.23. The summed E-state index contributed by atoms with van der Waals surface area (Å²) in [7, 11) is 0. The number of halogens is 1. The van der Waals surface area contributed by atoms with E-state index in [1.165, 1.54) is 0 Å². The quantitative estimate of drug-likeness (QED) is 0.234. The topological polar surface area (TPSA) is 83.7 Å². The first-order valence-corrected chi connectivity index (χ1v) is 12.1. The Labute approximate surface area is 210 Å². The third-order valence-electron chi connectivity index (χ3n) is 5.96. The van der Waals surface area contributed by atoms with Crippen molar-refractivity contribution in [1.29, 1.82) is 0 Å². The van der Waals surface area contributed by atoms with Gasteiger partial charge in [0.2, 0.25) is 0 Å². The number of nitrogens with one attached hydrogen (secondary N) is 2. The van der Waals surface area contributed by atoms with Crippen LogP contribution in [-0.4, -0.2) is 17.5 Å². The number of amides is 2. The minimum Gasteiger partial charge on any atom is -0.455 e. The highest BCUT2D eigenvalue weighted by atomic mass is 127. The molecule has 1 heterocycles. The van der Waals surface area contributed by atoms with Gasteiger partial charge in [-0.15, -0.1) is 0 Å². The Morgan fingerprint density at radius 1 is 0.941 bits per heavy atom. The summed E-state index contributed by atoms with van der Waals surface area (Å²) < 4.78 is 7.06. The van der Waals surface area contributed by atoms with E-state index in [0.717, 1.165) is 49.8 Å². The second-order valence-electron chi connectivity index (χ2n) is 8.20. The molecule has 0 saturated carbocycles. The highest BCUT2D eigenvalue weighted by Gasteiger charge is 2.28. The minimum absolute atomic E-state index is 0.269. The van der Waals surface area contributed by atoms with E-state index in [1.54, 1.807) is 6.07 Å².